The van der Waals surface area contributed by atoms with Crippen LogP contribution in [0.3, 0.4) is 0 Å². The SMILES string of the molecule is CN=C(NCCc1cccs1)NCc1ccc(C)cc1OC. The number of benzene rings is 1. The lowest BCUT2D eigenvalue weighted by Gasteiger charge is -2.14. The minimum Gasteiger partial charge on any atom is -0.496 e. The molecular formula is C17H23N3OS. The maximum Gasteiger partial charge on any atom is 0.191 e. The molecule has 22 heavy (non-hydrogen) atoms. The molecular weight excluding hydrogens is 294 g/mol. The molecule has 0 saturated heterocycles. The number of aliphatic imine (C=N–C) groups is 1. The third-order valence-electron chi connectivity index (χ3n) is 3.36. The predicted molar refractivity (Wildman–Crippen MR) is 94.0 cm³/mol. The summed E-state index contributed by atoms with van der Waals surface area (Å²) >= 11 is 1.78. The zero-order chi connectivity index (χ0) is 15.8. The molecule has 0 atom stereocenters. The van der Waals surface area contributed by atoms with E-state index in [-0.39, 0.29) is 0 Å². The van der Waals surface area contributed by atoms with Crippen LogP contribution in [0.2, 0.25) is 0 Å². The molecule has 0 fully saturated rings. The molecule has 0 spiro atoms. The quantitative estimate of drug-likeness (QED) is 0.636. The Labute approximate surface area is 136 Å². The molecule has 2 aromatic rings. The molecule has 2 rings (SSSR count). The van der Waals surface area contributed by atoms with Crippen molar-refractivity contribution in [3.63, 3.8) is 0 Å². The number of hydrogen-bond donors (Lipinski definition) is 2. The summed E-state index contributed by atoms with van der Waals surface area (Å²) in [6, 6.07) is 10.5. The average molecular weight is 317 g/mol. The van der Waals surface area contributed by atoms with Gasteiger partial charge in [0, 0.05) is 30.6 Å². The Balaban J connectivity index is 1.83. The third-order valence-corrected chi connectivity index (χ3v) is 4.29. The van der Waals surface area contributed by atoms with E-state index in [9.17, 15) is 0 Å². The van der Waals surface area contributed by atoms with Gasteiger partial charge in [-0.1, -0.05) is 18.2 Å². The van der Waals surface area contributed by atoms with Crippen molar-refractivity contribution in [2.24, 2.45) is 4.99 Å². The van der Waals surface area contributed by atoms with Crippen molar-refractivity contribution < 1.29 is 4.74 Å². The van der Waals surface area contributed by atoms with Crippen LogP contribution in [0.1, 0.15) is 16.0 Å². The standard InChI is InChI=1S/C17H23N3OS/c1-13-6-7-14(16(11-13)21-3)12-20-17(18-2)19-9-8-15-5-4-10-22-15/h4-7,10-11H,8-9,12H2,1-3H3,(H2,18,19,20). The number of nitrogens with one attached hydrogen (secondary N) is 2. The highest BCUT2D eigenvalue weighted by Crippen LogP contribution is 2.19. The second kappa shape index (κ2) is 8.44. The first-order valence-corrected chi connectivity index (χ1v) is 8.21. The summed E-state index contributed by atoms with van der Waals surface area (Å²) in [5, 5.41) is 8.76. The Morgan fingerprint density at radius 1 is 1.27 bits per heavy atom. The third kappa shape index (κ3) is 4.77. The molecule has 0 unspecified atom stereocenters. The summed E-state index contributed by atoms with van der Waals surface area (Å²) in [6.07, 6.45) is 1.01. The Kier molecular flexibility index (Phi) is 6.27. The second-order valence-electron chi connectivity index (χ2n) is 5.00. The van der Waals surface area contributed by atoms with Gasteiger partial charge in [0.05, 0.1) is 7.11 Å². The number of hydrogen-bond acceptors (Lipinski definition) is 3. The van der Waals surface area contributed by atoms with E-state index in [1.807, 2.05) is 6.07 Å². The number of guanidine groups is 1. The topological polar surface area (TPSA) is 45.7 Å². The van der Waals surface area contributed by atoms with Crippen LogP contribution >= 0.6 is 11.3 Å². The first-order chi connectivity index (χ1) is 10.7. The second-order valence-corrected chi connectivity index (χ2v) is 6.03. The number of ether oxygens (including phenoxy) is 1. The summed E-state index contributed by atoms with van der Waals surface area (Å²) in [5.41, 5.74) is 2.31. The smallest absolute Gasteiger partial charge is 0.191 e. The molecule has 4 nitrogen and oxygen atoms in total. The van der Waals surface area contributed by atoms with Gasteiger partial charge in [-0.05, 0) is 36.4 Å². The van der Waals surface area contributed by atoms with Gasteiger partial charge in [0.1, 0.15) is 5.75 Å². The maximum atomic E-state index is 5.42. The van der Waals surface area contributed by atoms with Crippen LogP contribution in [-0.4, -0.2) is 26.7 Å². The molecule has 0 aliphatic carbocycles. The van der Waals surface area contributed by atoms with Gasteiger partial charge in [0.2, 0.25) is 0 Å². The fourth-order valence-electron chi connectivity index (χ4n) is 2.16. The van der Waals surface area contributed by atoms with E-state index in [0.29, 0.717) is 6.54 Å². The molecule has 0 amide bonds. The lowest BCUT2D eigenvalue weighted by molar-refractivity contribution is 0.408. The number of thiophene rings is 1. The first-order valence-electron chi connectivity index (χ1n) is 7.33. The van der Waals surface area contributed by atoms with Crippen molar-refractivity contribution in [3.05, 3.63) is 51.7 Å². The number of rotatable bonds is 6. The van der Waals surface area contributed by atoms with Crippen molar-refractivity contribution in [1.29, 1.82) is 0 Å². The molecule has 1 aromatic heterocycles. The van der Waals surface area contributed by atoms with E-state index in [0.717, 1.165) is 30.2 Å². The Hall–Kier alpha value is -2.01. The van der Waals surface area contributed by atoms with E-state index >= 15 is 0 Å². The van der Waals surface area contributed by atoms with Crippen LogP contribution in [0.25, 0.3) is 0 Å². The van der Waals surface area contributed by atoms with Crippen LogP contribution in [0.5, 0.6) is 5.75 Å². The van der Waals surface area contributed by atoms with Crippen LogP contribution in [0.4, 0.5) is 0 Å². The van der Waals surface area contributed by atoms with Crippen molar-refractivity contribution in [2.45, 2.75) is 19.9 Å². The minimum atomic E-state index is 0.683. The van der Waals surface area contributed by atoms with Gasteiger partial charge in [-0.25, -0.2) is 0 Å². The van der Waals surface area contributed by atoms with Gasteiger partial charge < -0.3 is 15.4 Å². The number of nitrogens with zero attached hydrogens (tertiary/aromatic N) is 1. The predicted octanol–water partition coefficient (Wildman–Crippen LogP) is 2.97. The number of methoxy groups -OCH3 is 1. The summed E-state index contributed by atoms with van der Waals surface area (Å²) in [7, 11) is 3.49. The zero-order valence-corrected chi connectivity index (χ0v) is 14.2. The highest BCUT2D eigenvalue weighted by atomic mass is 32.1. The molecule has 1 heterocycles. The summed E-state index contributed by atoms with van der Waals surface area (Å²) < 4.78 is 5.42. The van der Waals surface area contributed by atoms with Gasteiger partial charge in [0.15, 0.2) is 5.96 Å². The molecule has 1 aromatic carbocycles. The molecule has 0 aliphatic heterocycles. The van der Waals surface area contributed by atoms with Crippen LogP contribution in [-0.2, 0) is 13.0 Å². The van der Waals surface area contributed by atoms with Crippen LogP contribution < -0.4 is 15.4 Å². The lowest BCUT2D eigenvalue weighted by Crippen LogP contribution is -2.37. The zero-order valence-electron chi connectivity index (χ0n) is 13.3. The molecule has 2 N–H and O–H groups in total. The van der Waals surface area contributed by atoms with E-state index in [2.05, 4.69) is 52.2 Å². The molecule has 0 aliphatic rings. The van der Waals surface area contributed by atoms with Gasteiger partial charge in [0.25, 0.3) is 0 Å². The largest absolute Gasteiger partial charge is 0.496 e. The normalized spacial score (nSPS) is 11.3. The van der Waals surface area contributed by atoms with Gasteiger partial charge in [-0.2, -0.15) is 0 Å². The highest BCUT2D eigenvalue weighted by Gasteiger charge is 2.04. The van der Waals surface area contributed by atoms with Gasteiger partial charge >= 0.3 is 0 Å². The van der Waals surface area contributed by atoms with Crippen molar-refractivity contribution in [1.82, 2.24) is 10.6 Å². The molecule has 5 heteroatoms. The molecule has 0 radical (unpaired) electrons. The molecule has 118 valence electrons. The van der Waals surface area contributed by atoms with Crippen molar-refractivity contribution >= 4 is 17.3 Å². The fraction of sp³-hybridized carbons (Fsp3) is 0.353. The van der Waals surface area contributed by atoms with E-state index in [1.54, 1.807) is 25.5 Å². The fourth-order valence-corrected chi connectivity index (χ4v) is 2.87. The summed E-state index contributed by atoms with van der Waals surface area (Å²) in [5.74, 6) is 1.71. The van der Waals surface area contributed by atoms with Crippen LogP contribution in [0, 0.1) is 6.92 Å². The highest BCUT2D eigenvalue weighted by molar-refractivity contribution is 7.09. The Morgan fingerprint density at radius 2 is 2.14 bits per heavy atom. The number of aryl methyl sites for hydroxylation is 1. The average Bonchev–Trinajstić information content (AvgIpc) is 3.04. The maximum absolute atomic E-state index is 5.42. The first kappa shape index (κ1) is 16.4. The van der Waals surface area contributed by atoms with Crippen LogP contribution in [0.15, 0.2) is 40.7 Å². The van der Waals surface area contributed by atoms with Gasteiger partial charge in [-0.15, -0.1) is 11.3 Å². The van der Waals surface area contributed by atoms with E-state index < -0.39 is 0 Å². The summed E-state index contributed by atoms with van der Waals surface area (Å²) in [6.45, 7) is 3.61. The molecule has 0 bridgehead atoms. The van der Waals surface area contributed by atoms with Gasteiger partial charge in [-0.3, -0.25) is 4.99 Å². The Bertz CT molecular complexity index is 608. The molecule has 0 saturated carbocycles. The Morgan fingerprint density at radius 3 is 2.82 bits per heavy atom. The lowest BCUT2D eigenvalue weighted by atomic mass is 10.1. The van der Waals surface area contributed by atoms with Crippen molar-refractivity contribution in [3.8, 4) is 5.75 Å². The monoisotopic (exact) mass is 317 g/mol. The van der Waals surface area contributed by atoms with E-state index in [1.165, 1.54) is 10.4 Å². The minimum absolute atomic E-state index is 0.683. The van der Waals surface area contributed by atoms with Crippen molar-refractivity contribution in [2.75, 3.05) is 20.7 Å². The summed E-state index contributed by atoms with van der Waals surface area (Å²) in [4.78, 5) is 5.63. The van der Waals surface area contributed by atoms with E-state index in [4.69, 9.17) is 4.74 Å².